The SMILES string of the molecule is CNC(Cc1ccc(Cl)cc1)c1cnccc1C. The Morgan fingerprint density at radius 2 is 1.94 bits per heavy atom. The van der Waals surface area contributed by atoms with Gasteiger partial charge in [0.2, 0.25) is 0 Å². The van der Waals surface area contributed by atoms with E-state index in [-0.39, 0.29) is 6.04 Å². The molecule has 1 unspecified atom stereocenters. The van der Waals surface area contributed by atoms with Gasteiger partial charge in [0.25, 0.3) is 0 Å². The van der Waals surface area contributed by atoms with E-state index in [1.54, 1.807) is 0 Å². The van der Waals surface area contributed by atoms with Crippen LogP contribution in [0.1, 0.15) is 22.7 Å². The highest BCUT2D eigenvalue weighted by molar-refractivity contribution is 6.30. The number of aryl methyl sites for hydroxylation is 1. The summed E-state index contributed by atoms with van der Waals surface area (Å²) in [5.74, 6) is 0. The summed E-state index contributed by atoms with van der Waals surface area (Å²) in [6.07, 6.45) is 4.69. The summed E-state index contributed by atoms with van der Waals surface area (Å²) in [7, 11) is 1.98. The minimum absolute atomic E-state index is 0.278. The minimum Gasteiger partial charge on any atom is -0.313 e. The molecule has 0 fully saturated rings. The number of rotatable bonds is 4. The van der Waals surface area contributed by atoms with Crippen LogP contribution in [0.25, 0.3) is 0 Å². The molecule has 0 aliphatic rings. The molecule has 0 saturated heterocycles. The fraction of sp³-hybridized carbons (Fsp3) is 0.267. The first kappa shape index (κ1) is 13.1. The number of pyridine rings is 1. The quantitative estimate of drug-likeness (QED) is 0.910. The molecule has 18 heavy (non-hydrogen) atoms. The molecule has 1 atom stereocenters. The molecule has 0 radical (unpaired) electrons. The van der Waals surface area contributed by atoms with Crippen LogP contribution < -0.4 is 5.32 Å². The van der Waals surface area contributed by atoms with Gasteiger partial charge in [-0.05, 0) is 55.3 Å². The van der Waals surface area contributed by atoms with Crippen LogP contribution in [0.15, 0.2) is 42.7 Å². The van der Waals surface area contributed by atoms with Gasteiger partial charge >= 0.3 is 0 Å². The van der Waals surface area contributed by atoms with Crippen molar-refractivity contribution in [1.29, 1.82) is 0 Å². The maximum Gasteiger partial charge on any atom is 0.0406 e. The number of hydrogen-bond donors (Lipinski definition) is 1. The molecule has 0 bridgehead atoms. The van der Waals surface area contributed by atoms with Gasteiger partial charge in [0.05, 0.1) is 0 Å². The number of halogens is 1. The summed E-state index contributed by atoms with van der Waals surface area (Å²) in [6, 6.07) is 10.3. The van der Waals surface area contributed by atoms with Gasteiger partial charge in [-0.3, -0.25) is 4.98 Å². The second kappa shape index (κ2) is 5.98. The predicted octanol–water partition coefficient (Wildman–Crippen LogP) is 3.55. The minimum atomic E-state index is 0.278. The van der Waals surface area contributed by atoms with Crippen molar-refractivity contribution in [3.8, 4) is 0 Å². The molecule has 1 heterocycles. The average Bonchev–Trinajstić information content (AvgIpc) is 2.39. The Labute approximate surface area is 113 Å². The summed E-state index contributed by atoms with van der Waals surface area (Å²) < 4.78 is 0. The smallest absolute Gasteiger partial charge is 0.0406 e. The third-order valence-corrected chi connectivity index (χ3v) is 3.41. The van der Waals surface area contributed by atoms with Gasteiger partial charge in [0, 0.05) is 23.5 Å². The maximum atomic E-state index is 5.90. The number of benzene rings is 1. The first-order chi connectivity index (χ1) is 8.70. The van der Waals surface area contributed by atoms with Crippen LogP contribution in [0.2, 0.25) is 5.02 Å². The van der Waals surface area contributed by atoms with Crippen LogP contribution in [-0.4, -0.2) is 12.0 Å². The fourth-order valence-corrected chi connectivity index (χ4v) is 2.19. The standard InChI is InChI=1S/C15H17ClN2/c1-11-7-8-18-10-14(11)15(17-2)9-12-3-5-13(16)6-4-12/h3-8,10,15,17H,9H2,1-2H3. The molecule has 1 aromatic carbocycles. The zero-order valence-electron chi connectivity index (χ0n) is 10.7. The molecule has 94 valence electrons. The summed E-state index contributed by atoms with van der Waals surface area (Å²) in [4.78, 5) is 4.21. The molecule has 0 saturated carbocycles. The lowest BCUT2D eigenvalue weighted by Gasteiger charge is -2.18. The third-order valence-electron chi connectivity index (χ3n) is 3.16. The molecule has 0 spiro atoms. The molecular weight excluding hydrogens is 244 g/mol. The van der Waals surface area contributed by atoms with Crippen molar-refractivity contribution in [2.24, 2.45) is 0 Å². The Morgan fingerprint density at radius 3 is 2.56 bits per heavy atom. The molecule has 0 aliphatic carbocycles. The number of nitrogens with zero attached hydrogens (tertiary/aromatic N) is 1. The lowest BCUT2D eigenvalue weighted by atomic mass is 9.97. The second-order valence-electron chi connectivity index (χ2n) is 4.40. The van der Waals surface area contributed by atoms with E-state index in [0.29, 0.717) is 0 Å². The predicted molar refractivity (Wildman–Crippen MR) is 75.9 cm³/mol. The molecule has 1 aromatic heterocycles. The first-order valence-corrected chi connectivity index (χ1v) is 6.40. The van der Waals surface area contributed by atoms with Crippen LogP contribution >= 0.6 is 11.6 Å². The lowest BCUT2D eigenvalue weighted by Crippen LogP contribution is -2.20. The van der Waals surface area contributed by atoms with Gasteiger partial charge in [0.1, 0.15) is 0 Å². The Bertz CT molecular complexity index is 508. The summed E-state index contributed by atoms with van der Waals surface area (Å²) in [6.45, 7) is 2.11. The highest BCUT2D eigenvalue weighted by atomic mass is 35.5. The van der Waals surface area contributed by atoms with Gasteiger partial charge in [-0.15, -0.1) is 0 Å². The molecule has 0 aliphatic heterocycles. The Kier molecular flexibility index (Phi) is 4.34. The number of likely N-dealkylation sites (N-methyl/N-ethyl adjacent to an activating group) is 1. The largest absolute Gasteiger partial charge is 0.313 e. The van der Waals surface area contributed by atoms with E-state index in [9.17, 15) is 0 Å². The van der Waals surface area contributed by atoms with Crippen molar-refractivity contribution in [3.63, 3.8) is 0 Å². The van der Waals surface area contributed by atoms with E-state index in [0.717, 1.165) is 11.4 Å². The van der Waals surface area contributed by atoms with Crippen molar-refractivity contribution in [2.75, 3.05) is 7.05 Å². The van der Waals surface area contributed by atoms with Gasteiger partial charge in [-0.2, -0.15) is 0 Å². The Morgan fingerprint density at radius 1 is 1.22 bits per heavy atom. The second-order valence-corrected chi connectivity index (χ2v) is 4.84. The molecule has 3 heteroatoms. The van der Waals surface area contributed by atoms with Crippen molar-refractivity contribution in [1.82, 2.24) is 10.3 Å². The molecule has 1 N–H and O–H groups in total. The van der Waals surface area contributed by atoms with Gasteiger partial charge in [-0.1, -0.05) is 23.7 Å². The first-order valence-electron chi connectivity index (χ1n) is 6.03. The zero-order chi connectivity index (χ0) is 13.0. The molecule has 2 aromatic rings. The highest BCUT2D eigenvalue weighted by Gasteiger charge is 2.12. The highest BCUT2D eigenvalue weighted by Crippen LogP contribution is 2.21. The van der Waals surface area contributed by atoms with Crippen LogP contribution in [0, 0.1) is 6.92 Å². The fourth-order valence-electron chi connectivity index (χ4n) is 2.06. The van der Waals surface area contributed by atoms with E-state index < -0.39 is 0 Å². The number of aromatic nitrogens is 1. The Hall–Kier alpha value is -1.38. The summed E-state index contributed by atoms with van der Waals surface area (Å²) >= 11 is 5.90. The summed E-state index contributed by atoms with van der Waals surface area (Å²) in [5.41, 5.74) is 3.77. The average molecular weight is 261 g/mol. The topological polar surface area (TPSA) is 24.9 Å². The van der Waals surface area contributed by atoms with Crippen molar-refractivity contribution in [2.45, 2.75) is 19.4 Å². The van der Waals surface area contributed by atoms with Crippen molar-refractivity contribution in [3.05, 3.63) is 64.4 Å². The third kappa shape index (κ3) is 3.09. The molecular formula is C15H17ClN2. The molecule has 2 nitrogen and oxygen atoms in total. The van der Waals surface area contributed by atoms with Crippen LogP contribution in [0.5, 0.6) is 0 Å². The van der Waals surface area contributed by atoms with Crippen LogP contribution in [0.4, 0.5) is 0 Å². The zero-order valence-corrected chi connectivity index (χ0v) is 11.4. The van der Waals surface area contributed by atoms with Gasteiger partial charge in [-0.25, -0.2) is 0 Å². The van der Waals surface area contributed by atoms with E-state index in [1.165, 1.54) is 16.7 Å². The van der Waals surface area contributed by atoms with Crippen LogP contribution in [-0.2, 0) is 6.42 Å². The molecule has 0 amide bonds. The van der Waals surface area contributed by atoms with Crippen LogP contribution in [0.3, 0.4) is 0 Å². The van der Waals surface area contributed by atoms with Crippen molar-refractivity contribution < 1.29 is 0 Å². The maximum absolute atomic E-state index is 5.90. The summed E-state index contributed by atoms with van der Waals surface area (Å²) in [5, 5.41) is 4.12. The van der Waals surface area contributed by atoms with E-state index >= 15 is 0 Å². The number of nitrogens with one attached hydrogen (secondary N) is 1. The van der Waals surface area contributed by atoms with Gasteiger partial charge in [0.15, 0.2) is 0 Å². The normalized spacial score (nSPS) is 12.4. The lowest BCUT2D eigenvalue weighted by molar-refractivity contribution is 0.587. The van der Waals surface area contributed by atoms with Gasteiger partial charge < -0.3 is 5.32 Å². The monoisotopic (exact) mass is 260 g/mol. The van der Waals surface area contributed by atoms with E-state index in [1.807, 2.05) is 37.6 Å². The van der Waals surface area contributed by atoms with E-state index in [2.05, 4.69) is 29.4 Å². The Balaban J connectivity index is 2.20. The van der Waals surface area contributed by atoms with E-state index in [4.69, 9.17) is 11.6 Å². The number of hydrogen-bond acceptors (Lipinski definition) is 2. The molecule has 2 rings (SSSR count). The van der Waals surface area contributed by atoms with Crippen molar-refractivity contribution >= 4 is 11.6 Å².